The molecular formula is C21H24Cl2N4O. The lowest BCUT2D eigenvalue weighted by Crippen LogP contribution is -2.48. The molecule has 0 aliphatic carbocycles. The molecule has 2 aromatic rings. The lowest BCUT2D eigenvalue weighted by Gasteiger charge is -2.32. The first-order chi connectivity index (χ1) is 13.5. The smallest absolute Gasteiger partial charge is 0.321 e. The van der Waals surface area contributed by atoms with Gasteiger partial charge >= 0.3 is 6.03 Å². The molecule has 1 atom stereocenters. The van der Waals surface area contributed by atoms with E-state index >= 15 is 0 Å². The van der Waals surface area contributed by atoms with Gasteiger partial charge in [0.15, 0.2) is 0 Å². The van der Waals surface area contributed by atoms with Crippen molar-refractivity contribution >= 4 is 34.9 Å². The molecule has 1 unspecified atom stereocenters. The number of nitrogens with one attached hydrogen (secondary N) is 2. The number of nitrogens with zero attached hydrogens (tertiary/aromatic N) is 2. The number of carbonyl (C=O) groups is 1. The van der Waals surface area contributed by atoms with Crippen LogP contribution in [0.25, 0.3) is 0 Å². The lowest BCUT2D eigenvalue weighted by atomic mass is 9.85. The third-order valence-electron chi connectivity index (χ3n) is 5.55. The number of benzene rings is 2. The molecule has 1 fully saturated rings. The number of anilines is 1. The van der Waals surface area contributed by atoms with Crippen molar-refractivity contribution in [2.45, 2.75) is 12.5 Å². The molecule has 2 N–H and O–H groups in total. The van der Waals surface area contributed by atoms with E-state index in [4.69, 9.17) is 23.2 Å². The Morgan fingerprint density at radius 3 is 2.71 bits per heavy atom. The molecule has 0 spiro atoms. The van der Waals surface area contributed by atoms with Crippen molar-refractivity contribution in [3.05, 3.63) is 63.1 Å². The van der Waals surface area contributed by atoms with Gasteiger partial charge in [0, 0.05) is 60.9 Å². The molecule has 7 heteroatoms. The average Bonchev–Trinajstić information content (AvgIpc) is 2.68. The van der Waals surface area contributed by atoms with Gasteiger partial charge in [0.05, 0.1) is 0 Å². The van der Waals surface area contributed by atoms with Crippen LogP contribution in [0.2, 0.25) is 10.0 Å². The highest BCUT2D eigenvalue weighted by Crippen LogP contribution is 2.36. The SMILES string of the molecule is CN1CCN(C(=O)Nc2cccc(C3CNCc4c(Cl)cc(Cl)cc43)c2)CC1. The summed E-state index contributed by atoms with van der Waals surface area (Å²) < 4.78 is 0. The fourth-order valence-electron chi connectivity index (χ4n) is 3.91. The lowest BCUT2D eigenvalue weighted by molar-refractivity contribution is 0.164. The molecule has 2 aliphatic rings. The Hall–Kier alpha value is -1.79. The van der Waals surface area contributed by atoms with Crippen molar-refractivity contribution in [3.63, 3.8) is 0 Å². The summed E-state index contributed by atoms with van der Waals surface area (Å²) in [6, 6.07) is 11.8. The molecule has 4 rings (SSSR count). The van der Waals surface area contributed by atoms with Gasteiger partial charge in [-0.25, -0.2) is 4.79 Å². The Balaban J connectivity index is 1.55. The van der Waals surface area contributed by atoms with Gasteiger partial charge in [-0.15, -0.1) is 0 Å². The second-order valence-electron chi connectivity index (χ2n) is 7.48. The summed E-state index contributed by atoms with van der Waals surface area (Å²) in [5, 5.41) is 7.83. The van der Waals surface area contributed by atoms with E-state index in [2.05, 4.69) is 28.6 Å². The maximum absolute atomic E-state index is 12.6. The van der Waals surface area contributed by atoms with Crippen molar-refractivity contribution < 1.29 is 4.79 Å². The number of carbonyl (C=O) groups excluding carboxylic acids is 1. The first kappa shape index (κ1) is 19.5. The van der Waals surface area contributed by atoms with Crippen LogP contribution in [0.5, 0.6) is 0 Å². The van der Waals surface area contributed by atoms with E-state index in [1.165, 1.54) is 0 Å². The quantitative estimate of drug-likeness (QED) is 0.774. The predicted octanol–water partition coefficient (Wildman–Crippen LogP) is 4.01. The fraction of sp³-hybridized carbons (Fsp3) is 0.381. The predicted molar refractivity (Wildman–Crippen MR) is 115 cm³/mol. The van der Waals surface area contributed by atoms with E-state index in [1.54, 1.807) is 6.07 Å². The second kappa shape index (κ2) is 8.29. The first-order valence-electron chi connectivity index (χ1n) is 9.54. The van der Waals surface area contributed by atoms with Crippen molar-refractivity contribution in [1.29, 1.82) is 0 Å². The highest BCUT2D eigenvalue weighted by atomic mass is 35.5. The van der Waals surface area contributed by atoms with Crippen LogP contribution in [-0.2, 0) is 6.54 Å². The van der Waals surface area contributed by atoms with E-state index < -0.39 is 0 Å². The van der Waals surface area contributed by atoms with Crippen molar-refractivity contribution in [1.82, 2.24) is 15.1 Å². The van der Waals surface area contributed by atoms with Gasteiger partial charge in [0.25, 0.3) is 0 Å². The fourth-order valence-corrected chi connectivity index (χ4v) is 4.49. The third-order valence-corrected chi connectivity index (χ3v) is 6.11. The molecule has 148 valence electrons. The topological polar surface area (TPSA) is 47.6 Å². The number of halogens is 2. The Morgan fingerprint density at radius 2 is 1.93 bits per heavy atom. The molecule has 0 saturated carbocycles. The standard InChI is InChI=1S/C21H24Cl2N4O/c1-26-5-7-27(8-6-26)21(28)25-16-4-2-3-14(9-16)18-12-24-13-19-17(18)10-15(22)11-20(19)23/h2-4,9-11,18,24H,5-8,12-13H2,1H3,(H,25,28). The van der Waals surface area contributed by atoms with E-state index in [9.17, 15) is 4.79 Å². The first-order valence-corrected chi connectivity index (χ1v) is 10.3. The van der Waals surface area contributed by atoms with Crippen LogP contribution < -0.4 is 10.6 Å². The second-order valence-corrected chi connectivity index (χ2v) is 8.33. The molecule has 2 aliphatic heterocycles. The highest BCUT2D eigenvalue weighted by Gasteiger charge is 2.25. The maximum atomic E-state index is 12.6. The molecule has 2 amide bonds. The Morgan fingerprint density at radius 1 is 1.14 bits per heavy atom. The minimum atomic E-state index is -0.0430. The van der Waals surface area contributed by atoms with Gasteiger partial charge in [-0.05, 0) is 48.0 Å². The van der Waals surface area contributed by atoms with Crippen LogP contribution in [0.1, 0.15) is 22.6 Å². The number of amides is 2. The monoisotopic (exact) mass is 418 g/mol. The summed E-state index contributed by atoms with van der Waals surface area (Å²) >= 11 is 12.7. The Bertz CT molecular complexity index is 881. The minimum absolute atomic E-state index is 0.0430. The maximum Gasteiger partial charge on any atom is 0.321 e. The van der Waals surface area contributed by atoms with Crippen LogP contribution >= 0.6 is 23.2 Å². The van der Waals surface area contributed by atoms with Crippen LogP contribution in [0.3, 0.4) is 0 Å². The highest BCUT2D eigenvalue weighted by molar-refractivity contribution is 6.35. The molecule has 5 nitrogen and oxygen atoms in total. The number of hydrogen-bond donors (Lipinski definition) is 2. The Kier molecular flexibility index (Phi) is 5.78. The van der Waals surface area contributed by atoms with Crippen molar-refractivity contribution in [2.24, 2.45) is 0 Å². The zero-order valence-electron chi connectivity index (χ0n) is 15.8. The average molecular weight is 419 g/mol. The summed E-state index contributed by atoms with van der Waals surface area (Å²) in [6.45, 7) is 4.85. The molecule has 1 saturated heterocycles. The van der Waals surface area contributed by atoms with E-state index in [0.29, 0.717) is 10.0 Å². The van der Waals surface area contributed by atoms with Crippen LogP contribution in [0, 0.1) is 0 Å². The Labute approximate surface area is 175 Å². The van der Waals surface area contributed by atoms with Gasteiger partial charge in [-0.1, -0.05) is 35.3 Å². The zero-order valence-corrected chi connectivity index (χ0v) is 17.4. The largest absolute Gasteiger partial charge is 0.322 e. The molecule has 0 aromatic heterocycles. The molecular weight excluding hydrogens is 395 g/mol. The summed E-state index contributed by atoms with van der Waals surface area (Å²) in [6.07, 6.45) is 0. The van der Waals surface area contributed by atoms with Crippen LogP contribution in [-0.4, -0.2) is 55.6 Å². The number of likely N-dealkylation sites (N-methyl/N-ethyl adjacent to an activating group) is 1. The number of hydrogen-bond acceptors (Lipinski definition) is 3. The van der Waals surface area contributed by atoms with Gasteiger partial charge in [-0.2, -0.15) is 0 Å². The minimum Gasteiger partial charge on any atom is -0.322 e. The van der Waals surface area contributed by atoms with Gasteiger partial charge in [-0.3, -0.25) is 0 Å². The van der Waals surface area contributed by atoms with E-state index in [1.807, 2.05) is 29.2 Å². The molecule has 2 heterocycles. The van der Waals surface area contributed by atoms with E-state index in [-0.39, 0.29) is 11.9 Å². The number of fused-ring (bicyclic) bond motifs is 1. The summed E-state index contributed by atoms with van der Waals surface area (Å²) in [5.41, 5.74) is 4.18. The van der Waals surface area contributed by atoms with Crippen LogP contribution in [0.15, 0.2) is 36.4 Å². The number of rotatable bonds is 2. The summed E-state index contributed by atoms with van der Waals surface area (Å²) in [4.78, 5) is 16.7. The number of piperazine rings is 1. The molecule has 0 bridgehead atoms. The molecule has 0 radical (unpaired) electrons. The third kappa shape index (κ3) is 4.13. The van der Waals surface area contributed by atoms with Crippen molar-refractivity contribution in [2.75, 3.05) is 45.1 Å². The summed E-state index contributed by atoms with van der Waals surface area (Å²) in [5.74, 6) is 0.139. The van der Waals surface area contributed by atoms with E-state index in [0.717, 1.165) is 61.6 Å². The van der Waals surface area contributed by atoms with Gasteiger partial charge in [0.2, 0.25) is 0 Å². The van der Waals surface area contributed by atoms with Gasteiger partial charge in [0.1, 0.15) is 0 Å². The molecule has 28 heavy (non-hydrogen) atoms. The molecule has 2 aromatic carbocycles. The zero-order chi connectivity index (χ0) is 19.7. The number of urea groups is 1. The summed E-state index contributed by atoms with van der Waals surface area (Å²) in [7, 11) is 2.08. The van der Waals surface area contributed by atoms with Crippen LogP contribution in [0.4, 0.5) is 10.5 Å². The van der Waals surface area contributed by atoms with Crippen molar-refractivity contribution in [3.8, 4) is 0 Å². The normalized spacial score (nSPS) is 20.0. The van der Waals surface area contributed by atoms with Gasteiger partial charge < -0.3 is 20.4 Å².